The summed E-state index contributed by atoms with van der Waals surface area (Å²) >= 11 is 0.757. The first kappa shape index (κ1) is 14.7. The summed E-state index contributed by atoms with van der Waals surface area (Å²) in [5.74, 6) is 0.402. The third-order valence-corrected chi connectivity index (χ3v) is 6.86. The Kier molecular flexibility index (Phi) is 4.47. The lowest BCUT2D eigenvalue weighted by Gasteiger charge is -2.31. The van der Waals surface area contributed by atoms with Crippen LogP contribution < -0.4 is 9.60 Å². The van der Waals surface area contributed by atoms with Crippen LogP contribution in [0.4, 0.5) is 0 Å². The zero-order valence-electron chi connectivity index (χ0n) is 11.2. The molecule has 0 spiro atoms. The third-order valence-electron chi connectivity index (χ3n) is 3.77. The molecule has 0 aliphatic heterocycles. The van der Waals surface area contributed by atoms with E-state index < -0.39 is 10.0 Å². The van der Waals surface area contributed by atoms with E-state index in [1.54, 1.807) is 6.92 Å². The highest BCUT2D eigenvalue weighted by molar-refractivity contribution is 7.91. The molecule has 1 aliphatic rings. The zero-order chi connectivity index (χ0) is 14.0. The fourth-order valence-electron chi connectivity index (χ4n) is 2.75. The number of aromatic nitrogens is 1. The van der Waals surface area contributed by atoms with Gasteiger partial charge < -0.3 is 4.98 Å². The molecule has 108 valence electrons. The second-order valence-corrected chi connectivity index (χ2v) is 8.00. The number of hydrogen-bond acceptors (Lipinski definition) is 4. The Morgan fingerprint density at radius 2 is 2.05 bits per heavy atom. The molecule has 5 nitrogen and oxygen atoms in total. The quantitative estimate of drug-likeness (QED) is 0.893. The van der Waals surface area contributed by atoms with Crippen molar-refractivity contribution in [3.63, 3.8) is 0 Å². The largest absolute Gasteiger partial charge is 0.315 e. The Morgan fingerprint density at radius 3 is 2.63 bits per heavy atom. The lowest BCUT2D eigenvalue weighted by atomic mass is 9.83. The minimum Gasteiger partial charge on any atom is -0.315 e. The first-order valence-electron chi connectivity index (χ1n) is 6.66. The molecular weight excluding hydrogens is 284 g/mol. The van der Waals surface area contributed by atoms with Crippen molar-refractivity contribution in [1.82, 2.24) is 9.71 Å². The lowest BCUT2D eigenvalue weighted by Crippen LogP contribution is -2.41. The third kappa shape index (κ3) is 3.27. The second-order valence-electron chi connectivity index (χ2n) is 5.11. The van der Waals surface area contributed by atoms with Crippen LogP contribution in [0.3, 0.4) is 0 Å². The molecule has 2 N–H and O–H groups in total. The first-order valence-corrected chi connectivity index (χ1v) is 8.96. The molecule has 1 heterocycles. The minimum atomic E-state index is -3.58. The molecular formula is C12H20N2O3S2. The molecule has 0 aromatic carbocycles. The molecule has 2 unspecified atom stereocenters. The van der Waals surface area contributed by atoms with Crippen molar-refractivity contribution in [1.29, 1.82) is 0 Å². The van der Waals surface area contributed by atoms with Gasteiger partial charge >= 0.3 is 4.87 Å². The van der Waals surface area contributed by atoms with Crippen LogP contribution >= 0.6 is 11.3 Å². The van der Waals surface area contributed by atoms with E-state index in [1.807, 2.05) is 0 Å². The molecule has 1 aliphatic carbocycles. The summed E-state index contributed by atoms with van der Waals surface area (Å²) in [4.78, 5) is 13.4. The van der Waals surface area contributed by atoms with Gasteiger partial charge in [-0.1, -0.05) is 37.5 Å². The van der Waals surface area contributed by atoms with Gasteiger partial charge in [0.15, 0.2) is 4.21 Å². The summed E-state index contributed by atoms with van der Waals surface area (Å²) in [6.07, 6.45) is 5.18. The van der Waals surface area contributed by atoms with Gasteiger partial charge in [0.25, 0.3) is 10.0 Å². The summed E-state index contributed by atoms with van der Waals surface area (Å²) in [6.45, 7) is 3.71. The Labute approximate surface area is 117 Å². The average molecular weight is 304 g/mol. The minimum absolute atomic E-state index is 0.000326. The van der Waals surface area contributed by atoms with E-state index in [4.69, 9.17) is 0 Å². The van der Waals surface area contributed by atoms with Crippen LogP contribution in [0.2, 0.25) is 0 Å². The average Bonchev–Trinajstić information content (AvgIpc) is 2.69. The fourth-order valence-corrected chi connectivity index (χ4v) is 5.41. The van der Waals surface area contributed by atoms with Crippen LogP contribution in [0.25, 0.3) is 0 Å². The first-order chi connectivity index (χ1) is 8.94. The standard InChI is InChI=1S/C12H20N2O3S2/c1-3-9-6-4-5-7-10(9)14-19(16,17)11-8(2)13-12(15)18-11/h9-10,14H,3-7H2,1-2H3,(H,13,15). The van der Waals surface area contributed by atoms with Gasteiger partial charge in [-0.3, -0.25) is 4.79 Å². The fraction of sp³-hybridized carbons (Fsp3) is 0.750. The highest BCUT2D eigenvalue weighted by atomic mass is 32.2. The Hall–Kier alpha value is -0.660. The molecule has 1 aromatic rings. The van der Waals surface area contributed by atoms with Gasteiger partial charge in [-0.25, -0.2) is 13.1 Å². The molecule has 1 saturated carbocycles. The topological polar surface area (TPSA) is 79.0 Å². The van der Waals surface area contributed by atoms with Crippen molar-refractivity contribution in [3.05, 3.63) is 15.4 Å². The summed E-state index contributed by atoms with van der Waals surface area (Å²) in [5, 5.41) is 0. The van der Waals surface area contributed by atoms with Crippen LogP contribution in [0, 0.1) is 12.8 Å². The number of H-pyrrole nitrogens is 1. The van der Waals surface area contributed by atoms with E-state index in [1.165, 1.54) is 6.42 Å². The highest BCUT2D eigenvalue weighted by Crippen LogP contribution is 2.28. The summed E-state index contributed by atoms with van der Waals surface area (Å²) in [5.41, 5.74) is 0.423. The van der Waals surface area contributed by atoms with Crippen molar-refractivity contribution in [2.45, 2.75) is 56.2 Å². The van der Waals surface area contributed by atoms with Gasteiger partial charge in [0, 0.05) is 11.7 Å². The highest BCUT2D eigenvalue weighted by Gasteiger charge is 2.30. The molecule has 1 fully saturated rings. The number of rotatable bonds is 4. The van der Waals surface area contributed by atoms with Crippen molar-refractivity contribution in [2.24, 2.45) is 5.92 Å². The van der Waals surface area contributed by atoms with Crippen molar-refractivity contribution in [2.75, 3.05) is 0 Å². The SMILES string of the molecule is CCC1CCCCC1NS(=O)(=O)c1sc(=O)[nH]c1C. The Balaban J connectivity index is 2.21. The molecule has 7 heteroatoms. The van der Waals surface area contributed by atoms with Crippen LogP contribution in [-0.4, -0.2) is 19.4 Å². The van der Waals surface area contributed by atoms with Crippen molar-refractivity contribution >= 4 is 21.4 Å². The molecule has 0 saturated heterocycles. The van der Waals surface area contributed by atoms with Gasteiger partial charge in [0.1, 0.15) is 0 Å². The van der Waals surface area contributed by atoms with Gasteiger partial charge in [-0.15, -0.1) is 0 Å². The number of thiazole rings is 1. The number of hydrogen-bond donors (Lipinski definition) is 2. The van der Waals surface area contributed by atoms with Gasteiger partial charge in [0.05, 0.1) is 0 Å². The smallest absolute Gasteiger partial charge is 0.305 e. The van der Waals surface area contributed by atoms with Gasteiger partial charge in [0.2, 0.25) is 0 Å². The molecule has 0 bridgehead atoms. The maximum Gasteiger partial charge on any atom is 0.305 e. The van der Waals surface area contributed by atoms with Crippen LogP contribution in [0.1, 0.15) is 44.7 Å². The Morgan fingerprint density at radius 1 is 1.37 bits per heavy atom. The van der Waals surface area contributed by atoms with Crippen LogP contribution in [0.15, 0.2) is 9.00 Å². The molecule has 1 aromatic heterocycles. The van der Waals surface area contributed by atoms with Crippen molar-refractivity contribution < 1.29 is 8.42 Å². The predicted octanol–water partition coefficient (Wildman–Crippen LogP) is 1.99. The molecule has 0 radical (unpaired) electrons. The molecule has 0 amide bonds. The van der Waals surface area contributed by atoms with E-state index in [0.717, 1.165) is 37.0 Å². The maximum absolute atomic E-state index is 12.3. The number of aromatic amines is 1. The predicted molar refractivity (Wildman–Crippen MR) is 76.0 cm³/mol. The zero-order valence-corrected chi connectivity index (χ0v) is 12.9. The summed E-state index contributed by atoms with van der Waals surface area (Å²) in [7, 11) is -3.58. The van der Waals surface area contributed by atoms with Gasteiger partial charge in [-0.2, -0.15) is 0 Å². The van der Waals surface area contributed by atoms with E-state index in [-0.39, 0.29) is 15.1 Å². The van der Waals surface area contributed by atoms with Crippen LogP contribution in [0.5, 0.6) is 0 Å². The van der Waals surface area contributed by atoms with E-state index >= 15 is 0 Å². The van der Waals surface area contributed by atoms with Crippen molar-refractivity contribution in [3.8, 4) is 0 Å². The molecule has 2 atom stereocenters. The monoisotopic (exact) mass is 304 g/mol. The Bertz CT molecular complexity index is 588. The number of aryl methyl sites for hydroxylation is 1. The summed E-state index contributed by atoms with van der Waals surface area (Å²) < 4.78 is 27.6. The van der Waals surface area contributed by atoms with E-state index in [9.17, 15) is 13.2 Å². The number of nitrogens with one attached hydrogen (secondary N) is 2. The van der Waals surface area contributed by atoms with E-state index in [2.05, 4.69) is 16.6 Å². The normalized spacial score (nSPS) is 24.5. The van der Waals surface area contributed by atoms with E-state index in [0.29, 0.717) is 11.6 Å². The lowest BCUT2D eigenvalue weighted by molar-refractivity contribution is 0.282. The number of sulfonamides is 1. The second kappa shape index (κ2) is 5.76. The van der Waals surface area contributed by atoms with Crippen LogP contribution in [-0.2, 0) is 10.0 Å². The van der Waals surface area contributed by atoms with Gasteiger partial charge in [-0.05, 0) is 25.7 Å². The molecule has 19 heavy (non-hydrogen) atoms. The summed E-state index contributed by atoms with van der Waals surface area (Å²) in [6, 6.07) is 0.000326. The molecule has 2 rings (SSSR count). The maximum atomic E-state index is 12.3.